The van der Waals surface area contributed by atoms with Gasteiger partial charge in [-0.3, -0.25) is 4.79 Å². The number of hydrogen-bond acceptors (Lipinski definition) is 3. The lowest BCUT2D eigenvalue weighted by Crippen LogP contribution is -2.50. The second kappa shape index (κ2) is 11.3. The van der Waals surface area contributed by atoms with Crippen molar-refractivity contribution in [3.63, 3.8) is 0 Å². The molecule has 1 amide bonds. The van der Waals surface area contributed by atoms with Crippen LogP contribution in [0.3, 0.4) is 0 Å². The fourth-order valence-electron chi connectivity index (χ4n) is 1.99. The summed E-state index contributed by atoms with van der Waals surface area (Å²) < 4.78 is 0.970. The zero-order valence-corrected chi connectivity index (χ0v) is 17.4. The van der Waals surface area contributed by atoms with Gasteiger partial charge in [0.1, 0.15) is 5.54 Å². The lowest BCUT2D eigenvalue weighted by molar-refractivity contribution is -0.126. The first-order chi connectivity index (χ1) is 9.78. The highest BCUT2D eigenvalue weighted by atomic mass is 79.9. The van der Waals surface area contributed by atoms with Crippen molar-refractivity contribution in [2.75, 3.05) is 20.1 Å². The number of halogens is 3. The van der Waals surface area contributed by atoms with Crippen LogP contribution in [0.15, 0.2) is 28.7 Å². The van der Waals surface area contributed by atoms with Crippen molar-refractivity contribution < 1.29 is 4.79 Å². The number of rotatable bonds is 7. The third kappa shape index (κ3) is 7.40. The number of likely N-dealkylation sites (N-methyl/N-ethyl adjacent to an activating group) is 1. The van der Waals surface area contributed by atoms with E-state index in [0.717, 1.165) is 23.0 Å². The summed E-state index contributed by atoms with van der Waals surface area (Å²) in [6.07, 6.45) is 1.10. The largest absolute Gasteiger partial charge is 0.353 e. The molecule has 0 heterocycles. The molecule has 0 aliphatic rings. The third-order valence-corrected chi connectivity index (χ3v) is 4.54. The normalized spacial score (nSPS) is 14.2. The fourth-order valence-corrected chi connectivity index (χ4v) is 2.25. The van der Waals surface area contributed by atoms with Crippen molar-refractivity contribution in [2.45, 2.75) is 38.8 Å². The molecule has 4 nitrogen and oxygen atoms in total. The van der Waals surface area contributed by atoms with Crippen LogP contribution in [0.25, 0.3) is 0 Å². The second-order valence-electron chi connectivity index (χ2n) is 5.70. The monoisotopic (exact) mass is 427 g/mol. The first kappa shape index (κ1) is 24.9. The van der Waals surface area contributed by atoms with Gasteiger partial charge in [0.05, 0.1) is 0 Å². The Kier molecular flexibility index (Phi) is 12.2. The SMILES string of the molecule is CCC(C)N(C)CCNC(=O)C(C)(N)c1ccc(Br)cc1.Cl.Cl. The smallest absolute Gasteiger partial charge is 0.244 e. The van der Waals surface area contributed by atoms with Gasteiger partial charge < -0.3 is 16.0 Å². The van der Waals surface area contributed by atoms with Crippen molar-refractivity contribution in [1.29, 1.82) is 0 Å². The number of carbonyl (C=O) groups is 1. The Bertz CT molecular complexity index is 469. The van der Waals surface area contributed by atoms with E-state index in [4.69, 9.17) is 5.73 Å². The van der Waals surface area contributed by atoms with Crippen LogP contribution < -0.4 is 11.1 Å². The zero-order chi connectivity index (χ0) is 16.0. The third-order valence-electron chi connectivity index (χ3n) is 4.01. The van der Waals surface area contributed by atoms with Crippen molar-refractivity contribution in [1.82, 2.24) is 10.2 Å². The maximum absolute atomic E-state index is 12.3. The van der Waals surface area contributed by atoms with E-state index in [1.54, 1.807) is 6.92 Å². The highest BCUT2D eigenvalue weighted by Crippen LogP contribution is 2.20. The van der Waals surface area contributed by atoms with Gasteiger partial charge >= 0.3 is 0 Å². The van der Waals surface area contributed by atoms with Crippen molar-refractivity contribution in [3.8, 4) is 0 Å². The average molecular weight is 429 g/mol. The van der Waals surface area contributed by atoms with Crippen LogP contribution in [0.1, 0.15) is 32.8 Å². The van der Waals surface area contributed by atoms with Gasteiger partial charge in [-0.15, -0.1) is 24.8 Å². The molecule has 7 heteroatoms. The Labute approximate surface area is 160 Å². The molecule has 0 aromatic heterocycles. The van der Waals surface area contributed by atoms with Gasteiger partial charge in [-0.25, -0.2) is 0 Å². The van der Waals surface area contributed by atoms with E-state index in [1.807, 2.05) is 24.3 Å². The molecule has 1 aromatic carbocycles. The lowest BCUT2D eigenvalue weighted by atomic mass is 9.92. The minimum atomic E-state index is -1.02. The van der Waals surface area contributed by atoms with Gasteiger partial charge in [-0.1, -0.05) is 35.0 Å². The molecule has 0 fully saturated rings. The summed E-state index contributed by atoms with van der Waals surface area (Å²) in [6, 6.07) is 8.04. The van der Waals surface area contributed by atoms with Gasteiger partial charge in [0.15, 0.2) is 0 Å². The predicted octanol–water partition coefficient (Wildman–Crippen LogP) is 3.31. The van der Waals surface area contributed by atoms with Crippen LogP contribution in [-0.2, 0) is 10.3 Å². The summed E-state index contributed by atoms with van der Waals surface area (Å²) in [4.78, 5) is 14.5. The molecule has 0 radical (unpaired) electrons. The summed E-state index contributed by atoms with van der Waals surface area (Å²) in [5, 5.41) is 2.93. The standard InChI is InChI=1S/C16H26BrN3O.2ClH/c1-5-12(2)20(4)11-10-19-15(21)16(3,18)13-6-8-14(17)9-7-13;;/h6-9,12H,5,10-11,18H2,1-4H3,(H,19,21);2*1H. The molecular weight excluding hydrogens is 401 g/mol. The van der Waals surface area contributed by atoms with Gasteiger partial charge in [-0.05, 0) is 45.0 Å². The first-order valence-corrected chi connectivity index (χ1v) is 8.11. The van der Waals surface area contributed by atoms with E-state index in [2.05, 4.69) is 47.0 Å². The van der Waals surface area contributed by atoms with Crippen molar-refractivity contribution >= 4 is 46.7 Å². The molecule has 0 spiro atoms. The summed E-state index contributed by atoms with van der Waals surface area (Å²) in [5.74, 6) is -0.151. The second-order valence-corrected chi connectivity index (χ2v) is 6.62. The molecular formula is C16H28BrCl2N3O. The Morgan fingerprint density at radius 1 is 1.35 bits per heavy atom. The fraction of sp³-hybridized carbons (Fsp3) is 0.562. The molecule has 0 aliphatic heterocycles. The predicted molar refractivity (Wildman–Crippen MR) is 106 cm³/mol. The van der Waals surface area contributed by atoms with Gasteiger partial charge in [0, 0.05) is 23.6 Å². The summed E-state index contributed by atoms with van der Waals surface area (Å²) in [7, 11) is 2.07. The molecule has 0 saturated heterocycles. The van der Waals surface area contributed by atoms with Crippen LogP contribution in [-0.4, -0.2) is 37.0 Å². The quantitative estimate of drug-likeness (QED) is 0.700. The van der Waals surface area contributed by atoms with Gasteiger partial charge in [0.2, 0.25) is 5.91 Å². The summed E-state index contributed by atoms with van der Waals surface area (Å²) in [6.45, 7) is 7.49. The minimum absolute atomic E-state index is 0. The van der Waals surface area contributed by atoms with E-state index < -0.39 is 5.54 Å². The number of benzene rings is 1. The van der Waals surface area contributed by atoms with E-state index in [1.165, 1.54) is 0 Å². The van der Waals surface area contributed by atoms with E-state index in [0.29, 0.717) is 12.6 Å². The molecule has 1 aromatic rings. The van der Waals surface area contributed by atoms with Crippen LogP contribution in [0.5, 0.6) is 0 Å². The van der Waals surface area contributed by atoms with Crippen LogP contribution in [0, 0.1) is 0 Å². The van der Waals surface area contributed by atoms with Crippen molar-refractivity contribution in [3.05, 3.63) is 34.3 Å². The van der Waals surface area contributed by atoms with Crippen LogP contribution in [0.2, 0.25) is 0 Å². The number of amides is 1. The Balaban J connectivity index is 0. The van der Waals surface area contributed by atoms with E-state index >= 15 is 0 Å². The first-order valence-electron chi connectivity index (χ1n) is 7.32. The average Bonchev–Trinajstić information content (AvgIpc) is 2.46. The molecule has 2 atom stereocenters. The van der Waals surface area contributed by atoms with Gasteiger partial charge in [0.25, 0.3) is 0 Å². The summed E-state index contributed by atoms with van der Waals surface area (Å²) in [5.41, 5.74) is 5.98. The van der Waals surface area contributed by atoms with E-state index in [9.17, 15) is 4.79 Å². The number of nitrogens with zero attached hydrogens (tertiary/aromatic N) is 1. The zero-order valence-electron chi connectivity index (χ0n) is 14.1. The van der Waals surface area contributed by atoms with Gasteiger partial charge in [-0.2, -0.15) is 0 Å². The Morgan fingerprint density at radius 2 is 1.87 bits per heavy atom. The molecule has 0 saturated carbocycles. The Morgan fingerprint density at radius 3 is 2.35 bits per heavy atom. The molecule has 23 heavy (non-hydrogen) atoms. The number of carbonyl (C=O) groups excluding carboxylic acids is 1. The number of nitrogens with one attached hydrogen (secondary N) is 1. The highest BCUT2D eigenvalue weighted by molar-refractivity contribution is 9.10. The van der Waals surface area contributed by atoms with E-state index in [-0.39, 0.29) is 30.7 Å². The van der Waals surface area contributed by atoms with Crippen LogP contribution >= 0.6 is 40.7 Å². The molecule has 134 valence electrons. The number of nitrogens with two attached hydrogens (primary N) is 1. The maximum atomic E-state index is 12.3. The molecule has 0 aliphatic carbocycles. The minimum Gasteiger partial charge on any atom is -0.353 e. The maximum Gasteiger partial charge on any atom is 0.244 e. The molecule has 3 N–H and O–H groups in total. The van der Waals surface area contributed by atoms with Crippen molar-refractivity contribution in [2.24, 2.45) is 5.73 Å². The van der Waals surface area contributed by atoms with Crippen LogP contribution in [0.4, 0.5) is 0 Å². The number of hydrogen-bond donors (Lipinski definition) is 2. The Hall–Kier alpha value is -0.330. The lowest BCUT2D eigenvalue weighted by Gasteiger charge is -2.27. The topological polar surface area (TPSA) is 58.4 Å². The highest BCUT2D eigenvalue weighted by Gasteiger charge is 2.30. The summed E-state index contributed by atoms with van der Waals surface area (Å²) >= 11 is 3.38. The molecule has 2 unspecified atom stereocenters. The molecule has 0 bridgehead atoms. The molecule has 1 rings (SSSR count).